The number of fused-ring (bicyclic) bond motifs is 2. The van der Waals surface area contributed by atoms with Gasteiger partial charge in [-0.2, -0.15) is 0 Å². The molecule has 0 heterocycles. The van der Waals surface area contributed by atoms with Crippen molar-refractivity contribution in [3.63, 3.8) is 0 Å². The molecule has 1 nitrogen and oxygen atoms in total. The van der Waals surface area contributed by atoms with Gasteiger partial charge in [0.25, 0.3) is 0 Å². The van der Waals surface area contributed by atoms with Gasteiger partial charge < -0.3 is 0 Å². The molecule has 0 amide bonds. The van der Waals surface area contributed by atoms with E-state index in [-0.39, 0.29) is 12.0 Å². The van der Waals surface area contributed by atoms with Gasteiger partial charge in [0.15, 0.2) is 0 Å². The molecule has 4 aromatic carbocycles. The quantitative estimate of drug-likeness (QED) is 0.355. The fourth-order valence-electron chi connectivity index (χ4n) is 4.32. The molecule has 0 N–H and O–H groups in total. The molecule has 5 rings (SSSR count). The topological polar surface area (TPSA) is 9.23 Å². The normalized spacial score (nSPS) is 16.2. The molecule has 4 aromatic rings. The van der Waals surface area contributed by atoms with Crippen molar-refractivity contribution in [2.24, 2.45) is 0 Å². The van der Waals surface area contributed by atoms with E-state index in [0.29, 0.717) is 0 Å². The van der Waals surface area contributed by atoms with E-state index in [0.717, 1.165) is 0 Å². The molecule has 2 unspecified atom stereocenters. The Morgan fingerprint density at radius 3 is 2.32 bits per heavy atom. The van der Waals surface area contributed by atoms with Crippen molar-refractivity contribution >= 4 is 16.8 Å². The van der Waals surface area contributed by atoms with E-state index in [1.807, 2.05) is 20.8 Å². The van der Waals surface area contributed by atoms with Crippen molar-refractivity contribution in [3.05, 3.63) is 125 Å². The molecule has 0 aliphatic heterocycles. The molecular formula is C26H19OTi. The van der Waals surface area contributed by atoms with Crippen LogP contribution in [0.3, 0.4) is 0 Å². The fourth-order valence-corrected chi connectivity index (χ4v) is 4.71. The molecule has 0 saturated heterocycles. The maximum absolute atomic E-state index is 6.09. The van der Waals surface area contributed by atoms with E-state index in [4.69, 9.17) is 3.32 Å². The minimum absolute atomic E-state index is 0.108. The predicted octanol–water partition coefficient (Wildman–Crippen LogP) is 6.57. The first-order valence-corrected chi connectivity index (χ1v) is 10.2. The number of allylic oxidation sites excluding steroid dienone is 1. The summed E-state index contributed by atoms with van der Waals surface area (Å²) in [4.78, 5) is 0. The third kappa shape index (κ3) is 2.97. The van der Waals surface area contributed by atoms with Crippen molar-refractivity contribution in [1.82, 2.24) is 0 Å². The summed E-state index contributed by atoms with van der Waals surface area (Å²) in [5, 5.41) is 2.50. The van der Waals surface area contributed by atoms with Crippen LogP contribution in [0, 0.1) is 0 Å². The molecule has 0 saturated carbocycles. The van der Waals surface area contributed by atoms with Gasteiger partial charge in [-0.3, -0.25) is 0 Å². The van der Waals surface area contributed by atoms with Crippen LogP contribution in [0.4, 0.5) is 0 Å². The van der Waals surface area contributed by atoms with Crippen LogP contribution < -0.4 is 0 Å². The van der Waals surface area contributed by atoms with Gasteiger partial charge in [-0.1, -0.05) is 0 Å². The van der Waals surface area contributed by atoms with Gasteiger partial charge in [-0.25, -0.2) is 0 Å². The monoisotopic (exact) mass is 395 g/mol. The van der Waals surface area contributed by atoms with Gasteiger partial charge in [0.2, 0.25) is 0 Å². The SMILES string of the molecule is [Ti][O]C(c1ccccc1)c1c(C2C=Cc3ccccc32)ccc2ccccc12. The predicted molar refractivity (Wildman–Crippen MR) is 111 cm³/mol. The van der Waals surface area contributed by atoms with Gasteiger partial charge in [0, 0.05) is 0 Å². The van der Waals surface area contributed by atoms with Crippen LogP contribution in [0.5, 0.6) is 0 Å². The summed E-state index contributed by atoms with van der Waals surface area (Å²) >= 11 is 1.81. The van der Waals surface area contributed by atoms with Gasteiger partial charge in [0.1, 0.15) is 0 Å². The van der Waals surface area contributed by atoms with Gasteiger partial charge in [0.05, 0.1) is 0 Å². The Bertz CT molecular complexity index is 1160. The Hall–Kier alpha value is -2.45. The van der Waals surface area contributed by atoms with Gasteiger partial charge in [-0.05, 0) is 0 Å². The van der Waals surface area contributed by atoms with Crippen molar-refractivity contribution in [3.8, 4) is 0 Å². The first-order chi connectivity index (χ1) is 13.9. The van der Waals surface area contributed by atoms with Crippen LogP contribution in [-0.2, 0) is 24.1 Å². The van der Waals surface area contributed by atoms with Crippen LogP contribution >= 0.6 is 0 Å². The molecule has 1 aliphatic carbocycles. The fraction of sp³-hybridized carbons (Fsp3) is 0.0769. The van der Waals surface area contributed by atoms with Crippen LogP contribution in [0.2, 0.25) is 0 Å². The number of hydrogen-bond acceptors (Lipinski definition) is 1. The summed E-state index contributed by atoms with van der Waals surface area (Å²) in [5.41, 5.74) is 6.42. The molecule has 28 heavy (non-hydrogen) atoms. The summed E-state index contributed by atoms with van der Waals surface area (Å²) in [6.07, 6.45) is 4.45. The number of hydrogen-bond donors (Lipinski definition) is 0. The molecule has 2 heteroatoms. The number of benzene rings is 4. The Morgan fingerprint density at radius 1 is 0.714 bits per heavy atom. The number of rotatable bonds is 4. The average molecular weight is 395 g/mol. The van der Waals surface area contributed by atoms with Crippen molar-refractivity contribution in [2.75, 3.05) is 0 Å². The average Bonchev–Trinajstić information content (AvgIpc) is 3.19. The Morgan fingerprint density at radius 2 is 1.46 bits per heavy atom. The molecule has 0 fully saturated rings. The van der Waals surface area contributed by atoms with Crippen molar-refractivity contribution < 1.29 is 24.1 Å². The third-order valence-electron chi connectivity index (χ3n) is 5.62. The van der Waals surface area contributed by atoms with E-state index in [1.54, 1.807) is 0 Å². The van der Waals surface area contributed by atoms with E-state index in [9.17, 15) is 0 Å². The standard InChI is InChI=1S/C26H19O.Ti/c27-26(20-10-2-1-3-11-20)25-22-13-7-5-9-19(22)15-17-24(25)23-16-14-18-8-4-6-12-21(18)23;/h1-17,23,26H;/q-1;+1. The Kier molecular flexibility index (Phi) is 4.74. The van der Waals surface area contributed by atoms with E-state index in [2.05, 4.69) is 103 Å². The Balaban J connectivity index is 1.77. The van der Waals surface area contributed by atoms with E-state index in [1.165, 1.54) is 38.6 Å². The van der Waals surface area contributed by atoms with Crippen LogP contribution in [0.1, 0.15) is 39.8 Å². The third-order valence-corrected chi connectivity index (χ3v) is 5.99. The molecule has 1 aliphatic rings. The summed E-state index contributed by atoms with van der Waals surface area (Å²) in [5.74, 6) is 0.247. The zero-order valence-electron chi connectivity index (χ0n) is 15.4. The van der Waals surface area contributed by atoms with Gasteiger partial charge in [-0.15, -0.1) is 0 Å². The first-order valence-electron chi connectivity index (χ1n) is 9.53. The zero-order chi connectivity index (χ0) is 18.9. The molecule has 2 atom stereocenters. The second-order valence-electron chi connectivity index (χ2n) is 7.16. The molecule has 133 valence electrons. The van der Waals surface area contributed by atoms with Crippen molar-refractivity contribution in [1.29, 1.82) is 0 Å². The minimum atomic E-state index is -0.108. The van der Waals surface area contributed by atoms with Gasteiger partial charge >= 0.3 is 178 Å². The molecular weight excluding hydrogens is 376 g/mol. The van der Waals surface area contributed by atoms with E-state index < -0.39 is 0 Å². The molecule has 0 aromatic heterocycles. The van der Waals surface area contributed by atoms with Crippen LogP contribution in [0.25, 0.3) is 16.8 Å². The second kappa shape index (κ2) is 7.52. The molecule has 0 radical (unpaired) electrons. The first kappa shape index (κ1) is 17.6. The molecule has 0 bridgehead atoms. The van der Waals surface area contributed by atoms with Crippen molar-refractivity contribution in [2.45, 2.75) is 12.0 Å². The molecule has 0 spiro atoms. The zero-order valence-corrected chi connectivity index (χ0v) is 16.9. The summed E-state index contributed by atoms with van der Waals surface area (Å²) in [7, 11) is 0. The second-order valence-corrected chi connectivity index (χ2v) is 7.53. The maximum atomic E-state index is 6.09. The summed E-state index contributed by atoms with van der Waals surface area (Å²) in [6, 6.07) is 32.3. The summed E-state index contributed by atoms with van der Waals surface area (Å²) < 4.78 is 6.09. The van der Waals surface area contributed by atoms with E-state index >= 15 is 0 Å². The van der Waals surface area contributed by atoms with Crippen LogP contribution in [-0.4, -0.2) is 0 Å². The Labute approximate surface area is 177 Å². The van der Waals surface area contributed by atoms with Crippen LogP contribution in [0.15, 0.2) is 97.1 Å². The summed E-state index contributed by atoms with van der Waals surface area (Å²) in [6.45, 7) is 0.